The van der Waals surface area contributed by atoms with Gasteiger partial charge in [0.25, 0.3) is 5.91 Å². The van der Waals surface area contributed by atoms with Gasteiger partial charge in [0, 0.05) is 24.3 Å². The molecule has 1 aromatic heterocycles. The molecule has 3 aromatic rings. The van der Waals surface area contributed by atoms with Crippen molar-refractivity contribution >= 4 is 34.2 Å². The van der Waals surface area contributed by atoms with E-state index in [9.17, 15) is 9.59 Å². The number of hydrogen-bond donors (Lipinski definition) is 2. The quantitative estimate of drug-likeness (QED) is 0.737. The number of guanidine groups is 1. The van der Waals surface area contributed by atoms with E-state index in [1.54, 1.807) is 31.4 Å². The fourth-order valence-corrected chi connectivity index (χ4v) is 3.14. The van der Waals surface area contributed by atoms with E-state index in [0.717, 1.165) is 16.3 Å². The summed E-state index contributed by atoms with van der Waals surface area (Å²) in [6, 6.07) is 16.4. The van der Waals surface area contributed by atoms with E-state index in [4.69, 9.17) is 5.73 Å². The lowest BCUT2D eigenvalue weighted by Gasteiger charge is -2.25. The lowest BCUT2D eigenvalue weighted by molar-refractivity contribution is -0.127. The maximum Gasteiger partial charge on any atom is 0.274 e. The molecule has 0 spiro atoms. The van der Waals surface area contributed by atoms with E-state index in [-0.39, 0.29) is 30.2 Å². The van der Waals surface area contributed by atoms with Gasteiger partial charge in [0.1, 0.15) is 5.69 Å². The number of amides is 2. The van der Waals surface area contributed by atoms with Crippen LogP contribution in [0.5, 0.6) is 0 Å². The van der Waals surface area contributed by atoms with Gasteiger partial charge >= 0.3 is 0 Å². The van der Waals surface area contributed by atoms with Crippen LogP contribution in [0.2, 0.25) is 0 Å². The van der Waals surface area contributed by atoms with Crippen LogP contribution in [-0.4, -0.2) is 34.7 Å². The predicted octanol–water partition coefficient (Wildman–Crippen LogP) is 2.71. The Bertz CT molecular complexity index is 1110. The van der Waals surface area contributed by atoms with Crippen LogP contribution in [0, 0.1) is 0 Å². The Balaban J connectivity index is 1.56. The van der Waals surface area contributed by atoms with Crippen molar-refractivity contribution in [2.75, 3.05) is 12.4 Å². The number of aliphatic imine (C=N–C) groups is 1. The number of nitrogens with two attached hydrogens (primary N) is 1. The second kappa shape index (κ2) is 7.11. The van der Waals surface area contributed by atoms with Crippen LogP contribution in [0.15, 0.2) is 65.8 Å². The van der Waals surface area contributed by atoms with E-state index < -0.39 is 0 Å². The van der Waals surface area contributed by atoms with Gasteiger partial charge in [-0.25, -0.2) is 4.99 Å². The van der Waals surface area contributed by atoms with Crippen LogP contribution in [-0.2, 0) is 4.79 Å². The van der Waals surface area contributed by atoms with Crippen molar-refractivity contribution in [2.45, 2.75) is 12.5 Å². The third-order valence-electron chi connectivity index (χ3n) is 4.77. The molecule has 2 heterocycles. The fraction of sp³-hybridized carbons (Fsp3) is 0.143. The molecule has 0 saturated carbocycles. The monoisotopic (exact) mass is 373 g/mol. The lowest BCUT2D eigenvalue weighted by atomic mass is 10.0. The zero-order valence-corrected chi connectivity index (χ0v) is 15.3. The van der Waals surface area contributed by atoms with Crippen molar-refractivity contribution in [3.63, 3.8) is 0 Å². The molecular weight excluding hydrogens is 354 g/mol. The van der Waals surface area contributed by atoms with Crippen LogP contribution in [0.1, 0.15) is 28.5 Å². The molecule has 0 saturated heterocycles. The highest BCUT2D eigenvalue weighted by Gasteiger charge is 2.25. The van der Waals surface area contributed by atoms with Gasteiger partial charge in [-0.15, -0.1) is 0 Å². The topological polar surface area (TPSA) is 101 Å². The number of rotatable bonds is 3. The molecule has 1 unspecified atom stereocenters. The minimum absolute atomic E-state index is 0.0905. The molecule has 140 valence electrons. The normalized spacial score (nSPS) is 16.8. The highest BCUT2D eigenvalue weighted by atomic mass is 16.2. The second-order valence-electron chi connectivity index (χ2n) is 6.66. The number of aromatic nitrogens is 1. The Kier molecular flexibility index (Phi) is 4.49. The van der Waals surface area contributed by atoms with Crippen molar-refractivity contribution in [2.24, 2.45) is 10.7 Å². The summed E-state index contributed by atoms with van der Waals surface area (Å²) in [5.41, 5.74) is 7.57. The van der Waals surface area contributed by atoms with Crippen LogP contribution in [0.25, 0.3) is 10.8 Å². The summed E-state index contributed by atoms with van der Waals surface area (Å²) in [5.74, 6) is -0.200. The third-order valence-corrected chi connectivity index (χ3v) is 4.77. The van der Waals surface area contributed by atoms with E-state index in [2.05, 4.69) is 15.3 Å². The number of anilines is 1. The van der Waals surface area contributed by atoms with Crippen molar-refractivity contribution in [3.05, 3.63) is 72.1 Å². The molecule has 7 heteroatoms. The summed E-state index contributed by atoms with van der Waals surface area (Å²) in [6.45, 7) is 0. The van der Waals surface area contributed by atoms with Gasteiger partial charge in [0.2, 0.25) is 5.91 Å². The van der Waals surface area contributed by atoms with Gasteiger partial charge in [-0.3, -0.25) is 19.5 Å². The number of fused-ring (bicyclic) bond motifs is 1. The van der Waals surface area contributed by atoms with Gasteiger partial charge in [0.05, 0.1) is 12.5 Å². The molecule has 0 bridgehead atoms. The molecule has 0 aliphatic carbocycles. The SMILES string of the molecule is CN1C(=O)CC(c2cccc(NC(=O)c3cc4ccccc4cn3)c2)N=C1N. The Hall–Kier alpha value is -3.74. The summed E-state index contributed by atoms with van der Waals surface area (Å²) in [4.78, 5) is 34.6. The minimum Gasteiger partial charge on any atom is -0.369 e. The molecule has 4 rings (SSSR count). The zero-order valence-electron chi connectivity index (χ0n) is 15.3. The van der Waals surface area contributed by atoms with Crippen LogP contribution in [0.4, 0.5) is 5.69 Å². The molecule has 2 amide bonds. The van der Waals surface area contributed by atoms with E-state index >= 15 is 0 Å². The first-order chi connectivity index (χ1) is 13.5. The standard InChI is InChI=1S/C21H19N5O2/c1-26-19(27)11-17(25-21(26)22)14-7-4-8-16(9-14)24-20(28)18-10-13-5-2-3-6-15(13)12-23-18/h2-10,12,17H,11H2,1H3,(H2,22,25)(H,24,28). The summed E-state index contributed by atoms with van der Waals surface area (Å²) in [7, 11) is 1.60. The fourth-order valence-electron chi connectivity index (χ4n) is 3.14. The molecule has 0 radical (unpaired) electrons. The average Bonchev–Trinajstić information content (AvgIpc) is 2.71. The summed E-state index contributed by atoms with van der Waals surface area (Å²) in [5, 5.41) is 4.78. The maximum atomic E-state index is 12.6. The summed E-state index contributed by atoms with van der Waals surface area (Å²) >= 11 is 0. The van der Waals surface area contributed by atoms with Gasteiger partial charge in [-0.1, -0.05) is 36.4 Å². The molecule has 28 heavy (non-hydrogen) atoms. The predicted molar refractivity (Wildman–Crippen MR) is 108 cm³/mol. The van der Waals surface area contributed by atoms with E-state index in [0.29, 0.717) is 11.4 Å². The first kappa shape index (κ1) is 17.7. The van der Waals surface area contributed by atoms with E-state index in [1.165, 1.54) is 4.90 Å². The largest absolute Gasteiger partial charge is 0.369 e. The number of nitrogens with one attached hydrogen (secondary N) is 1. The Morgan fingerprint density at radius 3 is 2.71 bits per heavy atom. The summed E-state index contributed by atoms with van der Waals surface area (Å²) in [6.07, 6.45) is 1.92. The van der Waals surface area contributed by atoms with Crippen molar-refractivity contribution in [1.29, 1.82) is 0 Å². The first-order valence-corrected chi connectivity index (χ1v) is 8.87. The average molecular weight is 373 g/mol. The van der Waals surface area contributed by atoms with Crippen molar-refractivity contribution in [3.8, 4) is 0 Å². The highest BCUT2D eigenvalue weighted by Crippen LogP contribution is 2.27. The van der Waals surface area contributed by atoms with Crippen LogP contribution in [0.3, 0.4) is 0 Å². The Morgan fingerprint density at radius 1 is 1.14 bits per heavy atom. The number of nitrogens with zero attached hydrogens (tertiary/aromatic N) is 3. The number of pyridine rings is 1. The molecule has 7 nitrogen and oxygen atoms in total. The number of carbonyl (C=O) groups excluding carboxylic acids is 2. The van der Waals surface area contributed by atoms with Crippen LogP contribution >= 0.6 is 0 Å². The molecular formula is C21H19N5O2. The van der Waals surface area contributed by atoms with Gasteiger partial charge in [-0.05, 0) is 29.1 Å². The molecule has 1 aliphatic rings. The van der Waals surface area contributed by atoms with Crippen molar-refractivity contribution < 1.29 is 9.59 Å². The maximum absolute atomic E-state index is 12.6. The number of hydrogen-bond acceptors (Lipinski definition) is 5. The van der Waals surface area contributed by atoms with Gasteiger partial charge < -0.3 is 11.1 Å². The highest BCUT2D eigenvalue weighted by molar-refractivity contribution is 6.04. The first-order valence-electron chi connectivity index (χ1n) is 8.87. The molecule has 2 aromatic carbocycles. The lowest BCUT2D eigenvalue weighted by Crippen LogP contribution is -2.42. The van der Waals surface area contributed by atoms with Crippen LogP contribution < -0.4 is 11.1 Å². The molecule has 3 N–H and O–H groups in total. The Labute approximate surface area is 161 Å². The minimum atomic E-state index is -0.362. The summed E-state index contributed by atoms with van der Waals surface area (Å²) < 4.78 is 0. The number of benzene rings is 2. The molecule has 1 aliphatic heterocycles. The van der Waals surface area contributed by atoms with Crippen molar-refractivity contribution in [1.82, 2.24) is 9.88 Å². The van der Waals surface area contributed by atoms with Gasteiger partial charge in [0.15, 0.2) is 5.96 Å². The smallest absolute Gasteiger partial charge is 0.274 e. The second-order valence-corrected chi connectivity index (χ2v) is 6.66. The molecule has 0 fully saturated rings. The van der Waals surface area contributed by atoms with Gasteiger partial charge in [-0.2, -0.15) is 0 Å². The number of carbonyl (C=O) groups is 2. The third kappa shape index (κ3) is 3.42. The molecule has 1 atom stereocenters. The Morgan fingerprint density at radius 2 is 1.93 bits per heavy atom. The zero-order chi connectivity index (χ0) is 19.7. The van der Waals surface area contributed by atoms with E-state index in [1.807, 2.05) is 36.4 Å².